The summed E-state index contributed by atoms with van der Waals surface area (Å²) >= 11 is 0. The second-order valence-corrected chi connectivity index (χ2v) is 6.65. The van der Waals surface area contributed by atoms with Crippen molar-refractivity contribution in [3.05, 3.63) is 11.1 Å². The van der Waals surface area contributed by atoms with Gasteiger partial charge in [0.25, 0.3) is 0 Å². The number of hydrogen-bond acceptors (Lipinski definition) is 3. The molecule has 3 heteroatoms. The fourth-order valence-electron chi connectivity index (χ4n) is 4.61. The molecule has 3 rings (SSSR count). The molecule has 3 aliphatic rings. The van der Waals surface area contributed by atoms with Crippen molar-refractivity contribution in [2.45, 2.75) is 33.6 Å². The van der Waals surface area contributed by atoms with Crippen molar-refractivity contribution < 1.29 is 14.6 Å². The van der Waals surface area contributed by atoms with Gasteiger partial charge in [0.2, 0.25) is 0 Å². The van der Waals surface area contributed by atoms with E-state index in [1.807, 2.05) is 0 Å². The minimum atomic E-state index is -0.121. The highest BCUT2D eigenvalue weighted by Gasteiger charge is 2.59. The van der Waals surface area contributed by atoms with E-state index < -0.39 is 0 Å². The molecular formula is C15H22O3. The smallest absolute Gasteiger partial charge is 0.334 e. The highest BCUT2D eigenvalue weighted by molar-refractivity contribution is 5.94. The lowest BCUT2D eigenvalue weighted by atomic mass is 9.59. The van der Waals surface area contributed by atoms with Gasteiger partial charge in [-0.05, 0) is 41.6 Å². The van der Waals surface area contributed by atoms with E-state index in [1.165, 1.54) is 5.57 Å². The zero-order chi connectivity index (χ0) is 13.1. The van der Waals surface area contributed by atoms with Crippen molar-refractivity contribution in [3.63, 3.8) is 0 Å². The second kappa shape index (κ2) is 3.83. The molecule has 0 radical (unpaired) electrons. The van der Waals surface area contributed by atoms with Gasteiger partial charge in [-0.25, -0.2) is 4.79 Å². The van der Waals surface area contributed by atoms with Crippen LogP contribution in [-0.2, 0) is 9.53 Å². The molecule has 2 bridgehead atoms. The maximum atomic E-state index is 12.0. The summed E-state index contributed by atoms with van der Waals surface area (Å²) in [7, 11) is 0. The highest BCUT2D eigenvalue weighted by Crippen LogP contribution is 2.62. The largest absolute Gasteiger partial charge is 0.458 e. The van der Waals surface area contributed by atoms with Crippen molar-refractivity contribution >= 4 is 5.97 Å². The van der Waals surface area contributed by atoms with E-state index in [9.17, 15) is 9.90 Å². The number of aliphatic hydroxyl groups is 1. The first-order valence-corrected chi connectivity index (χ1v) is 7.02. The number of esters is 1. The summed E-state index contributed by atoms with van der Waals surface area (Å²) in [5.74, 6) is 1.38. The Hall–Kier alpha value is -0.830. The van der Waals surface area contributed by atoms with Gasteiger partial charge < -0.3 is 9.84 Å². The molecule has 0 spiro atoms. The fraction of sp³-hybridized carbons (Fsp3) is 0.800. The molecule has 1 heterocycles. The van der Waals surface area contributed by atoms with E-state index in [-0.39, 0.29) is 29.8 Å². The zero-order valence-corrected chi connectivity index (χ0v) is 11.4. The van der Waals surface area contributed by atoms with Crippen LogP contribution in [0.3, 0.4) is 0 Å². The fourth-order valence-corrected chi connectivity index (χ4v) is 4.61. The average Bonchev–Trinajstić information content (AvgIpc) is 2.76. The van der Waals surface area contributed by atoms with Gasteiger partial charge in [-0.3, -0.25) is 0 Å². The Kier molecular flexibility index (Phi) is 2.60. The molecule has 1 saturated carbocycles. The summed E-state index contributed by atoms with van der Waals surface area (Å²) in [6.07, 6.45) is 2.24. The molecule has 0 aromatic rings. The van der Waals surface area contributed by atoms with Gasteiger partial charge in [-0.15, -0.1) is 0 Å². The van der Waals surface area contributed by atoms with Crippen LogP contribution < -0.4 is 0 Å². The summed E-state index contributed by atoms with van der Waals surface area (Å²) in [6, 6.07) is 0. The molecule has 3 nitrogen and oxygen atoms in total. The summed E-state index contributed by atoms with van der Waals surface area (Å²) in [4.78, 5) is 12.0. The van der Waals surface area contributed by atoms with Crippen LogP contribution in [0.5, 0.6) is 0 Å². The van der Waals surface area contributed by atoms with Gasteiger partial charge in [0, 0.05) is 18.1 Å². The molecule has 0 amide bonds. The Morgan fingerprint density at radius 3 is 2.83 bits per heavy atom. The average molecular weight is 250 g/mol. The maximum Gasteiger partial charge on any atom is 0.334 e. The van der Waals surface area contributed by atoms with Gasteiger partial charge in [-0.1, -0.05) is 20.8 Å². The molecule has 0 unspecified atom stereocenters. The van der Waals surface area contributed by atoms with Gasteiger partial charge in [-0.2, -0.15) is 0 Å². The Morgan fingerprint density at radius 2 is 2.22 bits per heavy atom. The third kappa shape index (κ3) is 1.31. The molecular weight excluding hydrogens is 228 g/mol. The van der Waals surface area contributed by atoms with Crippen molar-refractivity contribution in [2.75, 3.05) is 13.2 Å². The number of cyclic esters (lactones) is 1. The lowest BCUT2D eigenvalue weighted by Gasteiger charge is -2.45. The van der Waals surface area contributed by atoms with Crippen LogP contribution in [0.2, 0.25) is 0 Å². The molecule has 0 aromatic heterocycles. The molecule has 18 heavy (non-hydrogen) atoms. The van der Waals surface area contributed by atoms with Crippen LogP contribution in [-0.4, -0.2) is 24.3 Å². The molecule has 2 aliphatic carbocycles. The second-order valence-electron chi connectivity index (χ2n) is 6.65. The van der Waals surface area contributed by atoms with E-state index in [4.69, 9.17) is 4.74 Å². The predicted molar refractivity (Wildman–Crippen MR) is 67.7 cm³/mol. The zero-order valence-electron chi connectivity index (χ0n) is 11.4. The third-order valence-corrected chi connectivity index (χ3v) is 5.68. The first-order chi connectivity index (χ1) is 8.50. The Labute approximate surface area is 108 Å². The van der Waals surface area contributed by atoms with Crippen LogP contribution in [0.15, 0.2) is 11.1 Å². The van der Waals surface area contributed by atoms with Crippen molar-refractivity contribution in [2.24, 2.45) is 29.1 Å². The van der Waals surface area contributed by atoms with Crippen molar-refractivity contribution in [1.29, 1.82) is 0 Å². The number of carbonyl (C=O) groups is 1. The number of carbonyl (C=O) groups excluding carboxylic acids is 1. The lowest BCUT2D eigenvalue weighted by molar-refractivity contribution is -0.138. The van der Waals surface area contributed by atoms with E-state index in [0.29, 0.717) is 18.4 Å². The molecule has 0 aromatic carbocycles. The van der Waals surface area contributed by atoms with Crippen LogP contribution >= 0.6 is 0 Å². The SMILES string of the molecule is CC(C)[C@@H]1CC[C@]2(C)C3=C(C(=O)OC3)[C@H]1[C@H]2CO. The Balaban J connectivity index is 2.09. The highest BCUT2D eigenvalue weighted by atomic mass is 16.5. The summed E-state index contributed by atoms with van der Waals surface area (Å²) < 4.78 is 5.25. The van der Waals surface area contributed by atoms with Gasteiger partial charge in [0.05, 0.1) is 0 Å². The van der Waals surface area contributed by atoms with E-state index >= 15 is 0 Å². The van der Waals surface area contributed by atoms with E-state index in [0.717, 1.165) is 18.4 Å². The minimum Gasteiger partial charge on any atom is -0.458 e. The number of ether oxygens (including phenoxy) is 1. The minimum absolute atomic E-state index is 0.00764. The Bertz CT molecular complexity index is 423. The van der Waals surface area contributed by atoms with E-state index in [1.54, 1.807) is 0 Å². The monoisotopic (exact) mass is 250 g/mol. The van der Waals surface area contributed by atoms with Gasteiger partial charge in [0.15, 0.2) is 0 Å². The number of aliphatic hydroxyl groups excluding tert-OH is 1. The number of rotatable bonds is 2. The van der Waals surface area contributed by atoms with E-state index in [2.05, 4.69) is 20.8 Å². The Morgan fingerprint density at radius 1 is 1.50 bits per heavy atom. The summed E-state index contributed by atoms with van der Waals surface area (Å²) in [6.45, 7) is 7.30. The summed E-state index contributed by atoms with van der Waals surface area (Å²) in [5, 5.41) is 9.80. The van der Waals surface area contributed by atoms with Gasteiger partial charge >= 0.3 is 5.97 Å². The molecule has 0 saturated heterocycles. The van der Waals surface area contributed by atoms with Crippen LogP contribution in [0, 0.1) is 29.1 Å². The quantitative estimate of drug-likeness (QED) is 0.764. The number of hydrogen-bond donors (Lipinski definition) is 1. The molecule has 1 aliphatic heterocycles. The molecule has 1 fully saturated rings. The van der Waals surface area contributed by atoms with Crippen molar-refractivity contribution in [1.82, 2.24) is 0 Å². The third-order valence-electron chi connectivity index (χ3n) is 5.68. The van der Waals surface area contributed by atoms with Crippen LogP contribution in [0.4, 0.5) is 0 Å². The number of fused-ring (bicyclic) bond motifs is 4. The lowest BCUT2D eigenvalue weighted by Crippen LogP contribution is -2.42. The topological polar surface area (TPSA) is 46.5 Å². The first-order valence-electron chi connectivity index (χ1n) is 7.02. The van der Waals surface area contributed by atoms with Crippen molar-refractivity contribution in [3.8, 4) is 0 Å². The normalized spacial score (nSPS) is 42.5. The van der Waals surface area contributed by atoms with Gasteiger partial charge in [0.1, 0.15) is 6.61 Å². The first kappa shape index (κ1) is 12.2. The van der Waals surface area contributed by atoms with Crippen LogP contribution in [0.1, 0.15) is 33.6 Å². The standard InChI is InChI=1S/C15H22O3/c1-8(2)9-4-5-15(3)10(6-16)12(9)13-11(15)7-18-14(13)17/h8-10,12,16H,4-7H2,1-3H3/t9-,10+,12+,15-/m0/s1. The molecule has 4 atom stereocenters. The van der Waals surface area contributed by atoms with Crippen LogP contribution in [0.25, 0.3) is 0 Å². The predicted octanol–water partition coefficient (Wildman–Crippen LogP) is 2.15. The molecule has 1 N–H and O–H groups in total. The maximum absolute atomic E-state index is 12.0. The molecule has 100 valence electrons. The summed E-state index contributed by atoms with van der Waals surface area (Å²) in [5.41, 5.74) is 2.11.